The van der Waals surface area contributed by atoms with Crippen LogP contribution in [0, 0.1) is 0 Å². The Morgan fingerprint density at radius 1 is 1.38 bits per heavy atom. The molecule has 0 spiro atoms. The molecule has 1 aliphatic rings. The molecule has 1 amide bonds. The highest BCUT2D eigenvalue weighted by Crippen LogP contribution is 2.26. The van der Waals surface area contributed by atoms with Gasteiger partial charge in [0, 0.05) is 22.9 Å². The van der Waals surface area contributed by atoms with Crippen LogP contribution in [0.5, 0.6) is 0 Å². The molecule has 1 unspecified atom stereocenters. The Morgan fingerprint density at radius 3 is 2.71 bits per heavy atom. The molecule has 1 heterocycles. The molecule has 1 aliphatic carbocycles. The van der Waals surface area contributed by atoms with E-state index < -0.39 is 0 Å². The van der Waals surface area contributed by atoms with Gasteiger partial charge in [0.1, 0.15) is 0 Å². The third-order valence-electron chi connectivity index (χ3n) is 4.38. The molecule has 1 fully saturated rings. The van der Waals surface area contributed by atoms with E-state index in [2.05, 4.69) is 42.0 Å². The lowest BCUT2D eigenvalue weighted by Gasteiger charge is -2.28. The highest BCUT2D eigenvalue weighted by molar-refractivity contribution is 7.10. The number of carbonyl (C=O) groups is 1. The molecule has 0 saturated heterocycles. The maximum Gasteiger partial charge on any atom is 0.237 e. The molecular formula is C17H28N2OS. The largest absolute Gasteiger partial charge is 0.352 e. The lowest BCUT2D eigenvalue weighted by atomic mass is 9.91. The van der Waals surface area contributed by atoms with Gasteiger partial charge in [-0.15, -0.1) is 11.3 Å². The number of hydrogen-bond acceptors (Lipinski definition) is 3. The first-order valence-electron chi connectivity index (χ1n) is 8.07. The van der Waals surface area contributed by atoms with Gasteiger partial charge in [-0.25, -0.2) is 0 Å². The molecule has 1 atom stereocenters. The van der Waals surface area contributed by atoms with Gasteiger partial charge in [0.05, 0.1) is 6.04 Å². The number of thiophene rings is 1. The van der Waals surface area contributed by atoms with Crippen LogP contribution in [0.15, 0.2) is 17.5 Å². The second-order valence-corrected chi connectivity index (χ2v) is 7.75. The predicted molar refractivity (Wildman–Crippen MR) is 89.8 cm³/mol. The Bertz CT molecular complexity index is 436. The van der Waals surface area contributed by atoms with Gasteiger partial charge in [-0.2, -0.15) is 0 Å². The van der Waals surface area contributed by atoms with Crippen LogP contribution in [-0.2, 0) is 10.2 Å². The quantitative estimate of drug-likeness (QED) is 0.845. The fourth-order valence-corrected chi connectivity index (χ4v) is 3.68. The highest BCUT2D eigenvalue weighted by Gasteiger charge is 2.24. The molecule has 2 N–H and O–H groups in total. The minimum atomic E-state index is -0.133. The molecule has 0 bridgehead atoms. The van der Waals surface area contributed by atoms with E-state index in [0.717, 1.165) is 19.4 Å². The summed E-state index contributed by atoms with van der Waals surface area (Å²) in [5.74, 6) is 0.142. The van der Waals surface area contributed by atoms with Crippen LogP contribution in [0.2, 0.25) is 0 Å². The van der Waals surface area contributed by atoms with Gasteiger partial charge in [-0.1, -0.05) is 39.2 Å². The third-order valence-corrected chi connectivity index (χ3v) is 5.62. The molecule has 3 nitrogen and oxygen atoms in total. The standard InChI is InChI=1S/C17H28N2OS/c1-13(16(20)19-14-8-5-4-6-9-14)18-12-17(2,3)15-10-7-11-21-15/h7,10-11,13-14,18H,4-6,8-9,12H2,1-3H3,(H,19,20). The number of amides is 1. The first kappa shape index (κ1) is 16.5. The molecule has 0 aromatic carbocycles. The van der Waals surface area contributed by atoms with Gasteiger partial charge in [0.2, 0.25) is 5.91 Å². The first-order chi connectivity index (χ1) is 9.99. The van der Waals surface area contributed by atoms with Crippen LogP contribution in [0.1, 0.15) is 57.8 Å². The Balaban J connectivity index is 1.78. The number of rotatable bonds is 6. The van der Waals surface area contributed by atoms with E-state index in [-0.39, 0.29) is 17.4 Å². The normalized spacial score (nSPS) is 18.4. The maximum atomic E-state index is 12.2. The van der Waals surface area contributed by atoms with Crippen molar-refractivity contribution >= 4 is 17.2 Å². The minimum absolute atomic E-state index is 0.0630. The SMILES string of the molecule is CC(NCC(C)(C)c1cccs1)C(=O)NC1CCCCC1. The van der Waals surface area contributed by atoms with Gasteiger partial charge in [0.25, 0.3) is 0 Å². The zero-order chi connectivity index (χ0) is 15.3. The van der Waals surface area contributed by atoms with E-state index in [1.54, 1.807) is 11.3 Å². The molecule has 21 heavy (non-hydrogen) atoms. The topological polar surface area (TPSA) is 41.1 Å². The summed E-state index contributed by atoms with van der Waals surface area (Å²) >= 11 is 1.78. The fourth-order valence-electron chi connectivity index (χ4n) is 2.82. The zero-order valence-electron chi connectivity index (χ0n) is 13.4. The Kier molecular flexibility index (Phi) is 5.82. The second kappa shape index (κ2) is 7.41. The molecule has 0 aliphatic heterocycles. The van der Waals surface area contributed by atoms with Crippen LogP contribution in [-0.4, -0.2) is 24.5 Å². The van der Waals surface area contributed by atoms with Crippen molar-refractivity contribution in [2.24, 2.45) is 0 Å². The molecule has 1 aromatic heterocycles. The van der Waals surface area contributed by atoms with E-state index >= 15 is 0 Å². The zero-order valence-corrected chi connectivity index (χ0v) is 14.3. The predicted octanol–water partition coefficient (Wildman–Crippen LogP) is 3.45. The van der Waals surface area contributed by atoms with Gasteiger partial charge < -0.3 is 10.6 Å². The first-order valence-corrected chi connectivity index (χ1v) is 8.95. The molecule has 118 valence electrons. The summed E-state index contributed by atoms with van der Waals surface area (Å²) < 4.78 is 0. The van der Waals surface area contributed by atoms with Gasteiger partial charge >= 0.3 is 0 Å². The summed E-state index contributed by atoms with van der Waals surface area (Å²) in [6, 6.07) is 4.51. The van der Waals surface area contributed by atoms with E-state index in [9.17, 15) is 4.79 Å². The summed E-state index contributed by atoms with van der Waals surface area (Å²) in [7, 11) is 0. The van der Waals surface area contributed by atoms with Crippen LogP contribution in [0.25, 0.3) is 0 Å². The van der Waals surface area contributed by atoms with Crippen molar-refractivity contribution in [2.45, 2.75) is 70.4 Å². The Hall–Kier alpha value is -0.870. The molecule has 1 saturated carbocycles. The number of nitrogens with one attached hydrogen (secondary N) is 2. The molecular weight excluding hydrogens is 280 g/mol. The molecule has 1 aromatic rings. The number of hydrogen-bond donors (Lipinski definition) is 2. The average molecular weight is 308 g/mol. The second-order valence-electron chi connectivity index (χ2n) is 6.81. The summed E-state index contributed by atoms with van der Waals surface area (Å²) in [5, 5.41) is 8.69. The van der Waals surface area contributed by atoms with Crippen molar-refractivity contribution in [3.63, 3.8) is 0 Å². The van der Waals surface area contributed by atoms with E-state index in [0.29, 0.717) is 6.04 Å². The number of carbonyl (C=O) groups excluding carboxylic acids is 1. The van der Waals surface area contributed by atoms with Crippen LogP contribution in [0.4, 0.5) is 0 Å². The average Bonchev–Trinajstić information content (AvgIpc) is 3.01. The monoisotopic (exact) mass is 308 g/mol. The maximum absolute atomic E-state index is 12.2. The van der Waals surface area contributed by atoms with Crippen LogP contribution in [0.3, 0.4) is 0 Å². The molecule has 0 radical (unpaired) electrons. The lowest BCUT2D eigenvalue weighted by Crippen LogP contribution is -2.49. The molecule has 4 heteroatoms. The Labute approximate surface area is 132 Å². The summed E-state index contributed by atoms with van der Waals surface area (Å²) in [4.78, 5) is 13.6. The van der Waals surface area contributed by atoms with Crippen molar-refractivity contribution in [1.82, 2.24) is 10.6 Å². The van der Waals surface area contributed by atoms with Crippen molar-refractivity contribution in [3.05, 3.63) is 22.4 Å². The lowest BCUT2D eigenvalue weighted by molar-refractivity contribution is -0.123. The highest BCUT2D eigenvalue weighted by atomic mass is 32.1. The minimum Gasteiger partial charge on any atom is -0.352 e. The smallest absolute Gasteiger partial charge is 0.237 e. The fraction of sp³-hybridized carbons (Fsp3) is 0.706. The van der Waals surface area contributed by atoms with Gasteiger partial charge in [-0.05, 0) is 31.2 Å². The summed E-state index contributed by atoms with van der Waals surface area (Å²) in [5.41, 5.74) is 0.0630. The van der Waals surface area contributed by atoms with E-state index in [4.69, 9.17) is 0 Å². The third kappa shape index (κ3) is 4.82. The van der Waals surface area contributed by atoms with Gasteiger partial charge in [-0.3, -0.25) is 4.79 Å². The van der Waals surface area contributed by atoms with Crippen molar-refractivity contribution in [3.8, 4) is 0 Å². The van der Waals surface area contributed by atoms with Crippen molar-refractivity contribution in [1.29, 1.82) is 0 Å². The Morgan fingerprint density at radius 2 is 2.10 bits per heavy atom. The van der Waals surface area contributed by atoms with E-state index in [1.165, 1.54) is 24.1 Å². The summed E-state index contributed by atoms with van der Waals surface area (Å²) in [6.07, 6.45) is 6.09. The van der Waals surface area contributed by atoms with E-state index in [1.807, 2.05) is 6.92 Å². The van der Waals surface area contributed by atoms with Crippen molar-refractivity contribution < 1.29 is 4.79 Å². The van der Waals surface area contributed by atoms with Crippen molar-refractivity contribution in [2.75, 3.05) is 6.54 Å². The molecule has 2 rings (SSSR count). The summed E-state index contributed by atoms with van der Waals surface area (Å²) in [6.45, 7) is 7.21. The van der Waals surface area contributed by atoms with Gasteiger partial charge in [0.15, 0.2) is 0 Å². The van der Waals surface area contributed by atoms with Crippen LogP contribution < -0.4 is 10.6 Å². The van der Waals surface area contributed by atoms with Crippen LogP contribution >= 0.6 is 11.3 Å².